The van der Waals surface area contributed by atoms with Gasteiger partial charge in [-0.2, -0.15) is 8.42 Å². The van der Waals surface area contributed by atoms with E-state index in [9.17, 15) is 8.42 Å². The van der Waals surface area contributed by atoms with Crippen LogP contribution in [0.25, 0.3) is 0 Å². The number of rotatable bonds is 3. The summed E-state index contributed by atoms with van der Waals surface area (Å²) in [6.07, 6.45) is 3.61. The summed E-state index contributed by atoms with van der Waals surface area (Å²) in [4.78, 5) is 0.151. The first-order valence-corrected chi connectivity index (χ1v) is 8.84. The maximum absolute atomic E-state index is 12.5. The van der Waals surface area contributed by atoms with Crippen molar-refractivity contribution in [2.24, 2.45) is 0 Å². The van der Waals surface area contributed by atoms with Gasteiger partial charge in [0.2, 0.25) is 0 Å². The Bertz CT molecular complexity index is 911. The van der Waals surface area contributed by atoms with Crippen LogP contribution in [-0.4, -0.2) is 8.42 Å². The van der Waals surface area contributed by atoms with E-state index in [2.05, 4.69) is 0 Å². The lowest BCUT2D eigenvalue weighted by Gasteiger charge is -2.15. The topological polar surface area (TPSA) is 52.6 Å². The van der Waals surface area contributed by atoms with Gasteiger partial charge in [0.15, 0.2) is 0 Å². The molecule has 2 aromatic rings. The quantitative estimate of drug-likeness (QED) is 0.636. The highest BCUT2D eigenvalue weighted by Gasteiger charge is 2.37. The summed E-state index contributed by atoms with van der Waals surface area (Å²) in [5.74, 6) is 0.359. The van der Waals surface area contributed by atoms with Crippen LogP contribution in [0.15, 0.2) is 53.4 Å². The van der Waals surface area contributed by atoms with Gasteiger partial charge < -0.3 is 8.92 Å². The molecule has 2 aliphatic heterocycles. The lowest BCUT2D eigenvalue weighted by molar-refractivity contribution is 0.0874. The molecule has 2 aliphatic rings. The fourth-order valence-electron chi connectivity index (χ4n) is 3.06. The number of benzene rings is 2. The Balaban J connectivity index is 1.76. The number of fused-ring (bicyclic) bond motifs is 5. The molecular formula is C18H16O4S. The Hall–Kier alpha value is -2.11. The number of hydrogen-bond donors (Lipinski definition) is 0. The first-order chi connectivity index (χ1) is 10.9. The Morgan fingerprint density at radius 2 is 1.65 bits per heavy atom. The average Bonchev–Trinajstić information content (AvgIpc) is 3.08. The smallest absolute Gasteiger partial charge is 0.339 e. The van der Waals surface area contributed by atoms with Gasteiger partial charge in [-0.25, -0.2) is 0 Å². The van der Waals surface area contributed by atoms with E-state index in [0.717, 1.165) is 22.3 Å². The molecule has 5 heteroatoms. The molecule has 0 spiro atoms. The molecule has 2 heterocycles. The summed E-state index contributed by atoms with van der Waals surface area (Å²) in [6, 6.07) is 10.4. The Morgan fingerprint density at radius 3 is 2.39 bits per heavy atom. The first-order valence-electron chi connectivity index (χ1n) is 7.43. The normalized spacial score (nSPS) is 21.5. The summed E-state index contributed by atoms with van der Waals surface area (Å²) in [7, 11) is -3.86. The third-order valence-corrected chi connectivity index (χ3v) is 5.42. The largest absolute Gasteiger partial charge is 0.379 e. The van der Waals surface area contributed by atoms with Gasteiger partial charge >= 0.3 is 10.1 Å². The van der Waals surface area contributed by atoms with Crippen molar-refractivity contribution < 1.29 is 17.3 Å². The van der Waals surface area contributed by atoms with Crippen LogP contribution in [0.3, 0.4) is 0 Å². The zero-order valence-electron chi connectivity index (χ0n) is 12.8. The minimum Gasteiger partial charge on any atom is -0.379 e. The van der Waals surface area contributed by atoms with Crippen molar-refractivity contribution >= 4 is 10.1 Å². The molecular weight excluding hydrogens is 312 g/mol. The van der Waals surface area contributed by atoms with E-state index in [1.165, 1.54) is 0 Å². The first kappa shape index (κ1) is 14.5. The molecule has 23 heavy (non-hydrogen) atoms. The predicted octanol–water partition coefficient (Wildman–Crippen LogP) is 3.75. The maximum Gasteiger partial charge on any atom is 0.339 e. The van der Waals surface area contributed by atoms with Crippen LogP contribution in [0.2, 0.25) is 0 Å². The van der Waals surface area contributed by atoms with E-state index in [-0.39, 0.29) is 17.1 Å². The monoisotopic (exact) mass is 328 g/mol. The molecule has 0 fully saturated rings. The summed E-state index contributed by atoms with van der Waals surface area (Å²) >= 11 is 0. The number of ether oxygens (including phenoxy) is 1. The Labute approximate surface area is 135 Å². The zero-order chi connectivity index (χ0) is 16.2. The van der Waals surface area contributed by atoms with Gasteiger partial charge in [0.1, 0.15) is 22.9 Å². The molecule has 4 nitrogen and oxygen atoms in total. The standard InChI is InChI=1S/C18H16O4S/c1-11-3-5-13(6-4-11)23(19,20)22-17-10-12(2)9-14-15-7-8-16(21-15)18(14)17/h3-10,15-16H,1-2H3. The van der Waals surface area contributed by atoms with Gasteiger partial charge in [-0.15, -0.1) is 0 Å². The van der Waals surface area contributed by atoms with Crippen molar-refractivity contribution in [3.63, 3.8) is 0 Å². The molecule has 0 aromatic heterocycles. The van der Waals surface area contributed by atoms with Crippen molar-refractivity contribution in [1.29, 1.82) is 0 Å². The summed E-state index contributed by atoms with van der Waals surface area (Å²) < 4.78 is 36.3. The minimum atomic E-state index is -3.86. The fraction of sp³-hybridized carbons (Fsp3) is 0.222. The van der Waals surface area contributed by atoms with Crippen molar-refractivity contribution in [2.75, 3.05) is 0 Å². The molecule has 0 saturated heterocycles. The minimum absolute atomic E-state index is 0.0978. The molecule has 0 amide bonds. The van der Waals surface area contributed by atoms with E-state index in [4.69, 9.17) is 8.92 Å². The van der Waals surface area contributed by atoms with Gasteiger partial charge in [-0.05, 0) is 43.2 Å². The third kappa shape index (κ3) is 2.36. The highest BCUT2D eigenvalue weighted by Crippen LogP contribution is 2.50. The third-order valence-electron chi connectivity index (χ3n) is 4.17. The van der Waals surface area contributed by atoms with Gasteiger partial charge in [0.05, 0.1) is 0 Å². The van der Waals surface area contributed by atoms with E-state index in [0.29, 0.717) is 5.75 Å². The summed E-state index contributed by atoms with van der Waals surface area (Å²) in [5.41, 5.74) is 3.75. The SMILES string of the molecule is Cc1ccc(S(=O)(=O)Oc2cc(C)cc3c2C2C=CC3O2)cc1. The van der Waals surface area contributed by atoms with Crippen LogP contribution in [0, 0.1) is 13.8 Å². The Morgan fingerprint density at radius 1 is 0.957 bits per heavy atom. The molecule has 2 bridgehead atoms. The molecule has 2 aromatic carbocycles. The second kappa shape index (κ2) is 4.94. The number of hydrogen-bond acceptors (Lipinski definition) is 4. The zero-order valence-corrected chi connectivity index (χ0v) is 13.6. The van der Waals surface area contributed by atoms with Crippen molar-refractivity contribution in [2.45, 2.75) is 31.0 Å². The Kier molecular flexibility index (Phi) is 3.11. The highest BCUT2D eigenvalue weighted by molar-refractivity contribution is 7.87. The predicted molar refractivity (Wildman–Crippen MR) is 85.9 cm³/mol. The summed E-state index contributed by atoms with van der Waals surface area (Å²) in [5, 5.41) is 0. The van der Waals surface area contributed by atoms with Gasteiger partial charge in [-0.1, -0.05) is 35.9 Å². The van der Waals surface area contributed by atoms with Crippen LogP contribution in [-0.2, 0) is 14.9 Å². The molecule has 2 unspecified atom stereocenters. The molecule has 0 saturated carbocycles. The summed E-state index contributed by atoms with van der Waals surface area (Å²) in [6.45, 7) is 3.83. The van der Waals surface area contributed by atoms with Crippen LogP contribution in [0.5, 0.6) is 5.75 Å². The second-order valence-corrected chi connectivity index (χ2v) is 7.52. The average molecular weight is 328 g/mol. The van der Waals surface area contributed by atoms with Gasteiger partial charge in [-0.3, -0.25) is 0 Å². The second-order valence-electron chi connectivity index (χ2n) is 5.98. The fourth-order valence-corrected chi connectivity index (χ4v) is 4.00. The van der Waals surface area contributed by atoms with Gasteiger partial charge in [0, 0.05) is 5.56 Å². The lowest BCUT2D eigenvalue weighted by atomic mass is 9.94. The molecule has 0 aliphatic carbocycles. The van der Waals surface area contributed by atoms with E-state index in [1.54, 1.807) is 30.3 Å². The van der Waals surface area contributed by atoms with Crippen LogP contribution in [0.4, 0.5) is 0 Å². The van der Waals surface area contributed by atoms with E-state index >= 15 is 0 Å². The molecule has 0 N–H and O–H groups in total. The van der Waals surface area contributed by atoms with Crippen molar-refractivity contribution in [3.8, 4) is 5.75 Å². The van der Waals surface area contributed by atoms with Crippen molar-refractivity contribution in [3.05, 3.63) is 70.8 Å². The van der Waals surface area contributed by atoms with E-state index < -0.39 is 10.1 Å². The molecule has 118 valence electrons. The van der Waals surface area contributed by atoms with Crippen LogP contribution < -0.4 is 4.18 Å². The van der Waals surface area contributed by atoms with Crippen molar-refractivity contribution in [1.82, 2.24) is 0 Å². The molecule has 4 rings (SSSR count). The molecule has 0 radical (unpaired) electrons. The lowest BCUT2D eigenvalue weighted by Crippen LogP contribution is -2.12. The highest BCUT2D eigenvalue weighted by atomic mass is 32.2. The van der Waals surface area contributed by atoms with Gasteiger partial charge in [0.25, 0.3) is 0 Å². The van der Waals surface area contributed by atoms with Crippen LogP contribution >= 0.6 is 0 Å². The maximum atomic E-state index is 12.5. The van der Waals surface area contributed by atoms with E-state index in [1.807, 2.05) is 32.1 Å². The van der Waals surface area contributed by atoms with Crippen LogP contribution in [0.1, 0.15) is 34.5 Å². The number of aryl methyl sites for hydroxylation is 2. The molecule has 2 atom stereocenters.